The second kappa shape index (κ2) is 6.87. The van der Waals surface area contributed by atoms with Gasteiger partial charge in [-0.1, -0.05) is 36.7 Å². The minimum Gasteiger partial charge on any atom is -0.434 e. The van der Waals surface area contributed by atoms with Crippen molar-refractivity contribution in [3.05, 3.63) is 46.7 Å². The third kappa shape index (κ3) is 3.51. The number of benzene rings is 1. The summed E-state index contributed by atoms with van der Waals surface area (Å²) in [6.45, 7) is -0.321. The molecule has 0 radical (unpaired) electrons. The monoisotopic (exact) mass is 315 g/mol. The van der Waals surface area contributed by atoms with Crippen LogP contribution in [0.2, 0.25) is 5.02 Å². The van der Waals surface area contributed by atoms with Gasteiger partial charge >= 0.3 is 6.61 Å². The van der Waals surface area contributed by atoms with Crippen molar-refractivity contribution in [1.29, 1.82) is 0 Å². The third-order valence-corrected chi connectivity index (χ3v) is 3.36. The van der Waals surface area contributed by atoms with Crippen molar-refractivity contribution in [3.8, 4) is 5.75 Å². The van der Waals surface area contributed by atoms with Gasteiger partial charge in [-0.15, -0.1) is 0 Å². The molecule has 1 heterocycles. The molecule has 0 aliphatic rings. The van der Waals surface area contributed by atoms with Crippen LogP contribution in [0, 0.1) is 0 Å². The molecule has 2 aromatic rings. The molecule has 0 saturated heterocycles. The summed E-state index contributed by atoms with van der Waals surface area (Å²) in [6.07, 6.45) is 1.53. The Kier molecular flexibility index (Phi) is 5.14. The van der Waals surface area contributed by atoms with E-state index in [1.807, 2.05) is 6.92 Å². The molecule has 1 aromatic carbocycles. The third-order valence-electron chi connectivity index (χ3n) is 3.07. The lowest BCUT2D eigenvalue weighted by Gasteiger charge is -2.22. The van der Waals surface area contributed by atoms with Gasteiger partial charge in [-0.2, -0.15) is 13.9 Å². The first-order valence-corrected chi connectivity index (χ1v) is 6.86. The maximum absolute atomic E-state index is 12.6. The molecule has 0 aliphatic carbocycles. The first-order chi connectivity index (χ1) is 10.0. The number of alkyl halides is 2. The van der Waals surface area contributed by atoms with Crippen LogP contribution in [-0.4, -0.2) is 22.9 Å². The van der Waals surface area contributed by atoms with Crippen LogP contribution in [0.4, 0.5) is 8.78 Å². The average molecular weight is 316 g/mol. The molecule has 2 rings (SSSR count). The van der Waals surface area contributed by atoms with Crippen LogP contribution in [-0.2, 0) is 7.05 Å². The molecule has 0 aliphatic heterocycles. The van der Waals surface area contributed by atoms with E-state index in [4.69, 9.17) is 11.6 Å². The number of nitrogens with one attached hydrogen (secondary N) is 1. The van der Waals surface area contributed by atoms with Crippen LogP contribution in [0.1, 0.15) is 24.2 Å². The predicted octanol–water partition coefficient (Wildman–Crippen LogP) is 3.37. The smallest absolute Gasteiger partial charge is 0.387 e. The van der Waals surface area contributed by atoms with E-state index in [9.17, 15) is 8.78 Å². The summed E-state index contributed by atoms with van der Waals surface area (Å²) in [5, 5.41) is 7.79. The number of aryl methyl sites for hydroxylation is 1. The van der Waals surface area contributed by atoms with Gasteiger partial charge in [0.25, 0.3) is 0 Å². The molecular weight excluding hydrogens is 300 g/mol. The molecule has 114 valence electrons. The summed E-state index contributed by atoms with van der Waals surface area (Å²) in [7, 11) is 1.75. The van der Waals surface area contributed by atoms with E-state index in [2.05, 4.69) is 15.2 Å². The molecular formula is C14H16ClF2N3O. The fraction of sp³-hybridized carbons (Fsp3) is 0.357. The van der Waals surface area contributed by atoms with Crippen LogP contribution in [0.5, 0.6) is 5.75 Å². The van der Waals surface area contributed by atoms with E-state index in [-0.39, 0.29) is 11.8 Å². The Hall–Kier alpha value is -1.66. The number of hydrogen-bond acceptors (Lipinski definition) is 3. The topological polar surface area (TPSA) is 39.1 Å². The van der Waals surface area contributed by atoms with E-state index < -0.39 is 6.61 Å². The van der Waals surface area contributed by atoms with E-state index in [1.54, 1.807) is 29.9 Å². The van der Waals surface area contributed by atoms with E-state index >= 15 is 0 Å². The van der Waals surface area contributed by atoms with Gasteiger partial charge in [-0.05, 0) is 12.6 Å². The van der Waals surface area contributed by atoms with Crippen molar-refractivity contribution in [2.24, 2.45) is 7.05 Å². The van der Waals surface area contributed by atoms with Crippen molar-refractivity contribution >= 4 is 11.6 Å². The molecule has 0 fully saturated rings. The van der Waals surface area contributed by atoms with Gasteiger partial charge < -0.3 is 10.1 Å². The van der Waals surface area contributed by atoms with Crippen molar-refractivity contribution in [3.63, 3.8) is 0 Å². The summed E-state index contributed by atoms with van der Waals surface area (Å²) in [5.41, 5.74) is 1.29. The van der Waals surface area contributed by atoms with Crippen LogP contribution in [0.3, 0.4) is 0 Å². The zero-order chi connectivity index (χ0) is 15.4. The zero-order valence-electron chi connectivity index (χ0n) is 11.7. The van der Waals surface area contributed by atoms with Crippen LogP contribution < -0.4 is 10.1 Å². The first-order valence-electron chi connectivity index (χ1n) is 6.49. The van der Waals surface area contributed by atoms with E-state index in [0.29, 0.717) is 22.8 Å². The van der Waals surface area contributed by atoms with Crippen molar-refractivity contribution in [1.82, 2.24) is 15.1 Å². The van der Waals surface area contributed by atoms with E-state index in [0.717, 1.165) is 0 Å². The summed E-state index contributed by atoms with van der Waals surface area (Å²) < 4.78 is 31.4. The highest BCUT2D eigenvalue weighted by atomic mass is 35.5. The van der Waals surface area contributed by atoms with E-state index in [1.165, 1.54) is 12.3 Å². The SMILES string of the molecule is CCNC(c1ccccc1OC(F)F)c1c(Cl)cnn1C. The summed E-state index contributed by atoms with van der Waals surface area (Å²) in [5.74, 6) is 0.121. The predicted molar refractivity (Wildman–Crippen MR) is 76.8 cm³/mol. The molecule has 0 spiro atoms. The Morgan fingerprint density at radius 2 is 2.10 bits per heavy atom. The molecule has 21 heavy (non-hydrogen) atoms. The summed E-state index contributed by atoms with van der Waals surface area (Å²) in [4.78, 5) is 0. The number of ether oxygens (including phenoxy) is 1. The minimum absolute atomic E-state index is 0.121. The number of rotatable bonds is 6. The van der Waals surface area contributed by atoms with Gasteiger partial charge in [0, 0.05) is 12.6 Å². The van der Waals surface area contributed by atoms with Gasteiger partial charge in [0.15, 0.2) is 0 Å². The molecule has 1 aromatic heterocycles. The number of aromatic nitrogens is 2. The van der Waals surface area contributed by atoms with Gasteiger partial charge in [0.2, 0.25) is 0 Å². The van der Waals surface area contributed by atoms with Crippen LogP contribution in [0.25, 0.3) is 0 Å². The molecule has 1 unspecified atom stereocenters. The summed E-state index contributed by atoms with van der Waals surface area (Å²) >= 11 is 6.17. The molecule has 0 bridgehead atoms. The normalized spacial score (nSPS) is 12.7. The largest absolute Gasteiger partial charge is 0.434 e. The van der Waals surface area contributed by atoms with Crippen LogP contribution >= 0.6 is 11.6 Å². The summed E-state index contributed by atoms with van der Waals surface area (Å²) in [6, 6.07) is 6.27. The Morgan fingerprint density at radius 1 is 1.38 bits per heavy atom. The number of nitrogens with zero attached hydrogens (tertiary/aromatic N) is 2. The quantitative estimate of drug-likeness (QED) is 0.888. The average Bonchev–Trinajstić information content (AvgIpc) is 2.76. The first kappa shape index (κ1) is 15.7. The lowest BCUT2D eigenvalue weighted by molar-refractivity contribution is -0.0506. The maximum atomic E-state index is 12.6. The molecule has 0 amide bonds. The van der Waals surface area contributed by atoms with Crippen LogP contribution in [0.15, 0.2) is 30.5 Å². The maximum Gasteiger partial charge on any atom is 0.387 e. The van der Waals surface area contributed by atoms with Crippen molar-refractivity contribution in [2.75, 3.05) is 6.54 Å². The zero-order valence-corrected chi connectivity index (χ0v) is 12.4. The molecule has 4 nitrogen and oxygen atoms in total. The van der Waals surface area contributed by atoms with Gasteiger partial charge in [0.1, 0.15) is 5.75 Å². The molecule has 7 heteroatoms. The molecule has 1 N–H and O–H groups in total. The van der Waals surface area contributed by atoms with Crippen molar-refractivity contribution in [2.45, 2.75) is 19.6 Å². The standard InChI is InChI=1S/C14H16ClF2N3O/c1-3-18-12(13-10(15)8-19-20(13)2)9-6-4-5-7-11(9)21-14(16)17/h4-8,12,14,18H,3H2,1-2H3. The molecule has 0 saturated carbocycles. The highest BCUT2D eigenvalue weighted by molar-refractivity contribution is 6.31. The number of para-hydroxylation sites is 1. The highest BCUT2D eigenvalue weighted by Crippen LogP contribution is 2.33. The number of halogens is 3. The molecule has 1 atom stereocenters. The number of hydrogen-bond donors (Lipinski definition) is 1. The van der Waals surface area contributed by atoms with Crippen molar-refractivity contribution < 1.29 is 13.5 Å². The fourth-order valence-electron chi connectivity index (χ4n) is 2.23. The second-order valence-corrected chi connectivity index (χ2v) is 4.82. The lowest BCUT2D eigenvalue weighted by Crippen LogP contribution is -2.25. The van der Waals surface area contributed by atoms with Gasteiger partial charge in [-0.3, -0.25) is 4.68 Å². The van der Waals surface area contributed by atoms with Gasteiger partial charge in [-0.25, -0.2) is 0 Å². The Bertz CT molecular complexity index is 584. The Labute approximate surface area is 126 Å². The Balaban J connectivity index is 2.48. The Morgan fingerprint density at radius 3 is 2.67 bits per heavy atom. The second-order valence-electron chi connectivity index (χ2n) is 4.41. The lowest BCUT2D eigenvalue weighted by atomic mass is 10.0. The fourth-order valence-corrected chi connectivity index (χ4v) is 2.50. The van der Waals surface area contributed by atoms with Gasteiger partial charge in [0.05, 0.1) is 23.0 Å². The minimum atomic E-state index is -2.88. The highest BCUT2D eigenvalue weighted by Gasteiger charge is 2.24.